The Hall–Kier alpha value is -4.11. The largest absolute Gasteiger partial charge is 0.493 e. The van der Waals surface area contributed by atoms with Crippen molar-refractivity contribution in [3.63, 3.8) is 0 Å². The minimum Gasteiger partial charge on any atom is -0.493 e. The molecule has 0 unspecified atom stereocenters. The highest BCUT2D eigenvalue weighted by Crippen LogP contribution is 2.38. The van der Waals surface area contributed by atoms with E-state index in [9.17, 15) is 4.79 Å². The van der Waals surface area contributed by atoms with Gasteiger partial charge in [-0.15, -0.1) is 0 Å². The van der Waals surface area contributed by atoms with E-state index in [4.69, 9.17) is 30.8 Å². The van der Waals surface area contributed by atoms with Crippen LogP contribution in [-0.4, -0.2) is 37.3 Å². The molecule has 2 N–H and O–H groups in total. The highest BCUT2D eigenvalue weighted by Gasteiger charge is 2.18. The summed E-state index contributed by atoms with van der Waals surface area (Å²) < 4.78 is 21.9. The zero-order valence-electron chi connectivity index (χ0n) is 20.7. The summed E-state index contributed by atoms with van der Waals surface area (Å²) in [5.74, 6) is 1.40. The molecule has 186 valence electrons. The maximum absolute atomic E-state index is 12.7. The molecule has 1 amide bonds. The molecule has 3 aromatic carbocycles. The van der Waals surface area contributed by atoms with Crippen LogP contribution in [0.3, 0.4) is 0 Å². The Kier molecular flexibility index (Phi) is 7.40. The van der Waals surface area contributed by atoms with Gasteiger partial charge in [0.2, 0.25) is 5.75 Å². The van der Waals surface area contributed by atoms with Crippen LogP contribution < -0.4 is 24.8 Å². The van der Waals surface area contributed by atoms with E-state index < -0.39 is 5.91 Å². The third-order valence-electron chi connectivity index (χ3n) is 5.59. The second kappa shape index (κ2) is 10.7. The van der Waals surface area contributed by atoms with Gasteiger partial charge in [0, 0.05) is 17.7 Å². The second-order valence-corrected chi connectivity index (χ2v) is 8.64. The first-order chi connectivity index (χ1) is 17.3. The van der Waals surface area contributed by atoms with Crippen LogP contribution in [0, 0.1) is 13.8 Å². The molecule has 36 heavy (non-hydrogen) atoms. The lowest BCUT2D eigenvalue weighted by Crippen LogP contribution is -2.34. The van der Waals surface area contributed by atoms with Crippen LogP contribution in [0.25, 0.3) is 11.1 Å². The number of rotatable bonds is 7. The molecule has 0 spiro atoms. The van der Waals surface area contributed by atoms with Crippen LogP contribution >= 0.6 is 12.2 Å². The molecule has 0 fully saturated rings. The standard InChI is InChI=1S/C27H27N3O5S/c1-15-10-16(2)24-20(11-15)29-23(35-24)12-17-6-8-19(9-7-17)28-27(36)30-26(31)18-13-21(32-3)25(34-5)22(14-18)33-4/h6-11,13-14H,12H2,1-5H3,(H2,28,30,31,36). The molecule has 1 aromatic heterocycles. The molecule has 0 aliphatic heterocycles. The summed E-state index contributed by atoms with van der Waals surface area (Å²) in [6, 6.07) is 14.9. The lowest BCUT2D eigenvalue weighted by atomic mass is 10.1. The molecular formula is C27H27N3O5S. The molecule has 0 saturated heterocycles. The topological polar surface area (TPSA) is 94.9 Å². The molecule has 0 aliphatic rings. The summed E-state index contributed by atoms with van der Waals surface area (Å²) >= 11 is 5.33. The van der Waals surface area contributed by atoms with Crippen LogP contribution in [0.2, 0.25) is 0 Å². The van der Waals surface area contributed by atoms with Gasteiger partial charge in [0.1, 0.15) is 5.52 Å². The third kappa shape index (κ3) is 5.41. The summed E-state index contributed by atoms with van der Waals surface area (Å²) in [4.78, 5) is 17.4. The number of hydrogen-bond acceptors (Lipinski definition) is 7. The van der Waals surface area contributed by atoms with E-state index in [0.29, 0.717) is 35.1 Å². The first kappa shape index (κ1) is 25.0. The Morgan fingerprint density at radius 2 is 1.64 bits per heavy atom. The summed E-state index contributed by atoms with van der Waals surface area (Å²) in [5.41, 5.74) is 6.00. The number of methoxy groups -OCH3 is 3. The number of oxazole rings is 1. The number of amides is 1. The van der Waals surface area contributed by atoms with Crippen LogP contribution in [0.4, 0.5) is 5.69 Å². The first-order valence-corrected chi connectivity index (χ1v) is 11.6. The number of carbonyl (C=O) groups is 1. The maximum Gasteiger partial charge on any atom is 0.257 e. The van der Waals surface area contributed by atoms with Gasteiger partial charge in [-0.25, -0.2) is 4.98 Å². The zero-order valence-corrected chi connectivity index (χ0v) is 21.5. The highest BCUT2D eigenvalue weighted by atomic mass is 32.1. The maximum atomic E-state index is 12.7. The van der Waals surface area contributed by atoms with E-state index in [-0.39, 0.29) is 5.11 Å². The number of nitrogens with zero attached hydrogens (tertiary/aromatic N) is 1. The van der Waals surface area contributed by atoms with Crippen molar-refractivity contribution >= 4 is 40.0 Å². The fraction of sp³-hybridized carbons (Fsp3) is 0.222. The SMILES string of the molecule is COc1cc(C(=O)NC(=S)Nc2ccc(Cc3nc4cc(C)cc(C)c4o3)cc2)cc(OC)c1OC. The monoisotopic (exact) mass is 505 g/mol. The van der Waals surface area contributed by atoms with Crippen molar-refractivity contribution in [2.24, 2.45) is 0 Å². The molecule has 0 saturated carbocycles. The number of carbonyl (C=O) groups excluding carboxylic acids is 1. The average Bonchev–Trinajstić information content (AvgIpc) is 3.26. The van der Waals surface area contributed by atoms with E-state index in [1.807, 2.05) is 44.2 Å². The van der Waals surface area contributed by atoms with Gasteiger partial charge in [-0.05, 0) is 73.1 Å². The number of benzene rings is 3. The fourth-order valence-electron chi connectivity index (χ4n) is 3.93. The van der Waals surface area contributed by atoms with Gasteiger partial charge in [0.25, 0.3) is 5.91 Å². The molecule has 9 heteroatoms. The van der Waals surface area contributed by atoms with Crippen molar-refractivity contribution in [1.29, 1.82) is 0 Å². The molecule has 4 aromatic rings. The third-order valence-corrected chi connectivity index (χ3v) is 5.79. The second-order valence-electron chi connectivity index (χ2n) is 8.23. The number of fused-ring (bicyclic) bond motifs is 1. The lowest BCUT2D eigenvalue weighted by molar-refractivity contribution is 0.0977. The highest BCUT2D eigenvalue weighted by molar-refractivity contribution is 7.80. The number of anilines is 1. The van der Waals surface area contributed by atoms with E-state index in [2.05, 4.69) is 21.7 Å². The van der Waals surface area contributed by atoms with Crippen LogP contribution in [0.1, 0.15) is 32.9 Å². The van der Waals surface area contributed by atoms with Crippen molar-refractivity contribution in [2.75, 3.05) is 26.6 Å². The Morgan fingerprint density at radius 1 is 0.972 bits per heavy atom. The lowest BCUT2D eigenvalue weighted by Gasteiger charge is -2.14. The molecule has 0 aliphatic carbocycles. The van der Waals surface area contributed by atoms with Crippen LogP contribution in [0.15, 0.2) is 52.9 Å². The summed E-state index contributed by atoms with van der Waals surface area (Å²) in [6.45, 7) is 4.07. The van der Waals surface area contributed by atoms with Crippen LogP contribution in [0.5, 0.6) is 17.2 Å². The summed E-state index contributed by atoms with van der Waals surface area (Å²) in [5, 5.41) is 5.85. The predicted octanol–water partition coefficient (Wildman–Crippen LogP) is 5.19. The predicted molar refractivity (Wildman–Crippen MR) is 143 cm³/mol. The Bertz CT molecular complexity index is 1400. The van der Waals surface area contributed by atoms with E-state index in [1.165, 1.54) is 21.3 Å². The molecule has 1 heterocycles. The number of aryl methyl sites for hydroxylation is 2. The van der Waals surface area contributed by atoms with Crippen molar-refractivity contribution in [3.05, 3.63) is 76.7 Å². The van der Waals surface area contributed by atoms with E-state index >= 15 is 0 Å². The summed E-state index contributed by atoms with van der Waals surface area (Å²) in [6.07, 6.45) is 0.565. The average molecular weight is 506 g/mol. The van der Waals surface area contributed by atoms with Gasteiger partial charge >= 0.3 is 0 Å². The molecule has 0 bridgehead atoms. The Balaban J connectivity index is 1.40. The van der Waals surface area contributed by atoms with Crippen molar-refractivity contribution < 1.29 is 23.4 Å². The minimum atomic E-state index is -0.412. The molecule has 8 nitrogen and oxygen atoms in total. The Morgan fingerprint density at radius 3 is 2.25 bits per heavy atom. The molecule has 4 rings (SSSR count). The fourth-order valence-corrected chi connectivity index (χ4v) is 4.14. The van der Waals surface area contributed by atoms with Gasteiger partial charge in [0.05, 0.1) is 21.3 Å². The number of hydrogen-bond donors (Lipinski definition) is 2. The van der Waals surface area contributed by atoms with Crippen molar-refractivity contribution in [3.8, 4) is 17.2 Å². The number of aromatic nitrogens is 1. The van der Waals surface area contributed by atoms with Gasteiger partial charge in [-0.2, -0.15) is 0 Å². The zero-order chi connectivity index (χ0) is 25.8. The number of ether oxygens (including phenoxy) is 3. The van der Waals surface area contributed by atoms with E-state index in [1.54, 1.807) is 12.1 Å². The normalized spacial score (nSPS) is 10.7. The molecule has 0 radical (unpaired) electrons. The number of nitrogens with one attached hydrogen (secondary N) is 2. The number of thiocarbonyl (C=S) groups is 1. The van der Waals surface area contributed by atoms with Crippen LogP contribution in [-0.2, 0) is 6.42 Å². The van der Waals surface area contributed by atoms with Gasteiger partial charge in [0.15, 0.2) is 28.1 Å². The first-order valence-electron chi connectivity index (χ1n) is 11.2. The Labute approximate surface area is 214 Å². The van der Waals surface area contributed by atoms with Gasteiger partial charge in [-0.1, -0.05) is 18.2 Å². The van der Waals surface area contributed by atoms with Crippen molar-refractivity contribution in [1.82, 2.24) is 10.3 Å². The van der Waals surface area contributed by atoms with Gasteiger partial charge in [-0.3, -0.25) is 10.1 Å². The smallest absolute Gasteiger partial charge is 0.257 e. The van der Waals surface area contributed by atoms with Gasteiger partial charge < -0.3 is 23.9 Å². The molecular weight excluding hydrogens is 478 g/mol. The minimum absolute atomic E-state index is 0.159. The van der Waals surface area contributed by atoms with E-state index in [0.717, 1.165) is 33.5 Å². The van der Waals surface area contributed by atoms with Crippen molar-refractivity contribution in [2.45, 2.75) is 20.3 Å². The summed E-state index contributed by atoms with van der Waals surface area (Å²) in [7, 11) is 4.47. The quantitative estimate of drug-likeness (QED) is 0.332. The molecule has 0 atom stereocenters.